The van der Waals surface area contributed by atoms with Gasteiger partial charge in [0.25, 0.3) is 0 Å². The molecule has 0 N–H and O–H groups in total. The Kier molecular flexibility index (Phi) is 3.26. The van der Waals surface area contributed by atoms with Crippen molar-refractivity contribution in [3.63, 3.8) is 0 Å². The van der Waals surface area contributed by atoms with Gasteiger partial charge in [0.2, 0.25) is 0 Å². The molecule has 0 unspecified atom stereocenters. The Morgan fingerprint density at radius 2 is 2.11 bits per heavy atom. The van der Waals surface area contributed by atoms with E-state index >= 15 is 0 Å². The normalized spacial score (nSPS) is 10.8. The molecular weight excluding hydrogens is 129 g/mol. The van der Waals surface area contributed by atoms with E-state index in [1.54, 1.807) is 0 Å². The molecule has 0 nitrogen and oxygen atoms in total. The Morgan fingerprint density at radius 1 is 1.44 bits per heavy atom. The summed E-state index contributed by atoms with van der Waals surface area (Å²) >= 11 is 0. The van der Waals surface area contributed by atoms with Crippen LogP contribution >= 0.6 is 0 Å². The Labute approximate surface area is 53.8 Å². The molecule has 0 aromatic rings. The van der Waals surface area contributed by atoms with Gasteiger partial charge in [-0.1, -0.05) is 13.3 Å². The third kappa shape index (κ3) is 4.06. The van der Waals surface area contributed by atoms with Gasteiger partial charge in [-0.05, 0) is 6.42 Å². The summed E-state index contributed by atoms with van der Waals surface area (Å²) in [5.41, 5.74) is 0. The van der Waals surface area contributed by atoms with Gasteiger partial charge in [-0.2, -0.15) is 8.78 Å². The molecule has 0 aliphatic heterocycles. The third-order valence-corrected chi connectivity index (χ3v) is 0.851. The standard InChI is InChI=1S/C6H9F3/c1-2-3-4-5(7)6(8)9/h2-4H2,1H3/i1D. The zero-order valence-electron chi connectivity index (χ0n) is 5.96. The lowest BCUT2D eigenvalue weighted by Gasteiger charge is -1.90. The molecule has 0 saturated heterocycles. The molecule has 54 valence electrons. The van der Waals surface area contributed by atoms with E-state index in [2.05, 4.69) is 0 Å². The molecule has 0 aromatic heterocycles. The van der Waals surface area contributed by atoms with Crippen LogP contribution in [0.2, 0.25) is 0 Å². The van der Waals surface area contributed by atoms with Crippen molar-refractivity contribution in [1.82, 2.24) is 0 Å². The van der Waals surface area contributed by atoms with E-state index in [1.807, 2.05) is 0 Å². The lowest BCUT2D eigenvalue weighted by Crippen LogP contribution is -1.76. The summed E-state index contributed by atoms with van der Waals surface area (Å²) in [6.07, 6.45) is -1.67. The molecule has 0 spiro atoms. The first kappa shape index (κ1) is 6.65. The largest absolute Gasteiger partial charge is 0.301 e. The van der Waals surface area contributed by atoms with Crippen molar-refractivity contribution >= 4 is 0 Å². The summed E-state index contributed by atoms with van der Waals surface area (Å²) in [6.45, 7) is 0.168. The van der Waals surface area contributed by atoms with Crippen LogP contribution in [0.25, 0.3) is 0 Å². The van der Waals surface area contributed by atoms with E-state index in [-0.39, 0.29) is 13.3 Å². The molecule has 0 amide bonds. The predicted molar refractivity (Wildman–Crippen MR) is 29.9 cm³/mol. The first-order valence-corrected chi connectivity index (χ1v) is 2.67. The van der Waals surface area contributed by atoms with Crippen molar-refractivity contribution in [1.29, 1.82) is 0 Å². The quantitative estimate of drug-likeness (QED) is 0.526. The highest BCUT2D eigenvalue weighted by Crippen LogP contribution is 2.15. The third-order valence-electron chi connectivity index (χ3n) is 0.851. The number of halogens is 3. The van der Waals surface area contributed by atoms with Gasteiger partial charge < -0.3 is 0 Å². The summed E-state index contributed by atoms with van der Waals surface area (Å²) in [5, 5.41) is 0. The van der Waals surface area contributed by atoms with Crippen molar-refractivity contribution < 1.29 is 14.5 Å². The maximum atomic E-state index is 11.9. The summed E-state index contributed by atoms with van der Waals surface area (Å²) in [6, 6.07) is 0. The minimum absolute atomic E-state index is 0.168. The first-order valence-electron chi connectivity index (χ1n) is 3.38. The van der Waals surface area contributed by atoms with E-state index < -0.39 is 11.9 Å². The molecule has 0 radical (unpaired) electrons. The molecule has 0 rings (SSSR count). The molecule has 3 heteroatoms. The number of allylic oxidation sites excluding steroid dienone is 1. The summed E-state index contributed by atoms with van der Waals surface area (Å²) in [5.74, 6) is -1.34. The average Bonchev–Trinajstić information content (AvgIpc) is 1.88. The maximum Gasteiger partial charge on any atom is 0.301 e. The number of hydrogen-bond donors (Lipinski definition) is 0. The van der Waals surface area contributed by atoms with Crippen molar-refractivity contribution in [3.8, 4) is 0 Å². The van der Waals surface area contributed by atoms with Gasteiger partial charge in [-0.25, -0.2) is 4.39 Å². The van der Waals surface area contributed by atoms with Crippen molar-refractivity contribution in [3.05, 3.63) is 11.9 Å². The fraction of sp³-hybridized carbons (Fsp3) is 0.667. The Morgan fingerprint density at radius 3 is 2.56 bits per heavy atom. The Balaban J connectivity index is 3.40. The van der Waals surface area contributed by atoms with Crippen LogP contribution in [0.15, 0.2) is 11.9 Å². The van der Waals surface area contributed by atoms with Gasteiger partial charge in [-0.15, -0.1) is 0 Å². The van der Waals surface area contributed by atoms with E-state index in [0.717, 1.165) is 0 Å². The van der Waals surface area contributed by atoms with Gasteiger partial charge in [-0.3, -0.25) is 0 Å². The smallest absolute Gasteiger partial charge is 0.206 e. The lowest BCUT2D eigenvalue weighted by molar-refractivity contribution is 0.368. The molecule has 0 heterocycles. The van der Waals surface area contributed by atoms with Gasteiger partial charge in [0.15, 0.2) is 5.83 Å². The summed E-state index contributed by atoms with van der Waals surface area (Å²) in [4.78, 5) is 0. The van der Waals surface area contributed by atoms with Gasteiger partial charge in [0.1, 0.15) is 0 Å². The molecule has 0 bridgehead atoms. The van der Waals surface area contributed by atoms with Crippen LogP contribution in [0, 0.1) is 0 Å². The van der Waals surface area contributed by atoms with Crippen LogP contribution in [0.1, 0.15) is 27.5 Å². The zero-order chi connectivity index (χ0) is 7.98. The predicted octanol–water partition coefficient (Wildman–Crippen LogP) is 3.25. The summed E-state index contributed by atoms with van der Waals surface area (Å²) in [7, 11) is 0. The Bertz CT molecular complexity index is 118. The maximum absolute atomic E-state index is 11.9. The topological polar surface area (TPSA) is 0 Å². The Hall–Kier alpha value is -0.470. The van der Waals surface area contributed by atoms with Crippen LogP contribution in [0.3, 0.4) is 0 Å². The number of hydrogen-bond acceptors (Lipinski definition) is 0. The monoisotopic (exact) mass is 139 g/mol. The SMILES string of the molecule is [2H]CCCCC(F)=C(F)F. The average molecular weight is 139 g/mol. The fourth-order valence-electron chi connectivity index (χ4n) is 0.375. The highest BCUT2D eigenvalue weighted by molar-refractivity contribution is 4.90. The highest BCUT2D eigenvalue weighted by Gasteiger charge is 2.02. The van der Waals surface area contributed by atoms with Crippen LogP contribution in [0.5, 0.6) is 0 Å². The minimum Gasteiger partial charge on any atom is -0.206 e. The van der Waals surface area contributed by atoms with E-state index in [1.165, 1.54) is 0 Å². The second-order valence-electron chi connectivity index (χ2n) is 1.62. The van der Waals surface area contributed by atoms with E-state index in [0.29, 0.717) is 12.8 Å². The van der Waals surface area contributed by atoms with Crippen LogP contribution < -0.4 is 0 Å². The van der Waals surface area contributed by atoms with Crippen molar-refractivity contribution in [2.45, 2.75) is 26.2 Å². The van der Waals surface area contributed by atoms with E-state index in [9.17, 15) is 13.2 Å². The zero-order valence-corrected chi connectivity index (χ0v) is 4.96. The van der Waals surface area contributed by atoms with Crippen molar-refractivity contribution in [2.75, 3.05) is 0 Å². The van der Waals surface area contributed by atoms with Crippen LogP contribution in [0.4, 0.5) is 13.2 Å². The number of unbranched alkanes of at least 4 members (excludes halogenated alkanes) is 1. The molecule has 9 heavy (non-hydrogen) atoms. The molecular formula is C6H9F3. The van der Waals surface area contributed by atoms with Crippen LogP contribution in [-0.4, -0.2) is 0 Å². The van der Waals surface area contributed by atoms with Gasteiger partial charge in [0.05, 0.1) is 0 Å². The molecule has 0 fully saturated rings. The van der Waals surface area contributed by atoms with Gasteiger partial charge >= 0.3 is 6.08 Å². The van der Waals surface area contributed by atoms with Gasteiger partial charge in [0, 0.05) is 7.79 Å². The van der Waals surface area contributed by atoms with Crippen LogP contribution in [-0.2, 0) is 0 Å². The summed E-state index contributed by atoms with van der Waals surface area (Å²) < 4.78 is 41.2. The molecule has 0 aliphatic rings. The van der Waals surface area contributed by atoms with Crippen molar-refractivity contribution in [2.24, 2.45) is 0 Å². The second-order valence-corrected chi connectivity index (χ2v) is 1.62. The number of rotatable bonds is 3. The lowest BCUT2D eigenvalue weighted by atomic mass is 10.2. The molecule has 0 atom stereocenters. The molecule has 0 saturated carbocycles. The second kappa shape index (κ2) is 4.41. The van der Waals surface area contributed by atoms with E-state index in [4.69, 9.17) is 1.37 Å². The highest BCUT2D eigenvalue weighted by atomic mass is 19.3. The molecule has 0 aromatic carbocycles. The fourth-order valence-corrected chi connectivity index (χ4v) is 0.375. The first-order chi connectivity index (χ1) is 4.68. The minimum atomic E-state index is -2.23. The molecule has 0 aliphatic carbocycles.